The van der Waals surface area contributed by atoms with Gasteiger partial charge in [0.15, 0.2) is 0 Å². The number of amides is 3. The van der Waals surface area contributed by atoms with Crippen molar-refractivity contribution in [1.82, 2.24) is 9.80 Å². The summed E-state index contributed by atoms with van der Waals surface area (Å²) in [4.78, 5) is 57.4. The zero-order valence-electron chi connectivity index (χ0n) is 20.5. The average molecular weight is 490 g/mol. The number of likely N-dealkylation sites (tertiary alicyclic amines) is 1. The van der Waals surface area contributed by atoms with Gasteiger partial charge in [0.25, 0.3) is 11.8 Å². The molecule has 8 heteroatoms. The molecular formula is C28H31N3O5. The van der Waals surface area contributed by atoms with Gasteiger partial charge in [0.1, 0.15) is 6.04 Å². The van der Waals surface area contributed by atoms with E-state index in [0.717, 1.165) is 24.8 Å². The molecule has 3 amide bonds. The number of para-hydroxylation sites is 1. The number of carbonyl (C=O) groups excluding carboxylic acids is 4. The predicted molar refractivity (Wildman–Crippen MR) is 133 cm³/mol. The molecule has 2 aromatic carbocycles. The maximum absolute atomic E-state index is 13.6. The molecule has 0 aromatic heterocycles. The Balaban J connectivity index is 1.38. The Morgan fingerprint density at radius 1 is 1.00 bits per heavy atom. The average Bonchev–Trinajstić information content (AvgIpc) is 3.38. The molecule has 3 aliphatic heterocycles. The first-order valence-corrected chi connectivity index (χ1v) is 12.7. The first-order chi connectivity index (χ1) is 17.5. The molecule has 2 aromatic rings. The highest BCUT2D eigenvalue weighted by Gasteiger charge is 2.41. The van der Waals surface area contributed by atoms with Crippen LogP contribution in [0.15, 0.2) is 48.5 Å². The van der Waals surface area contributed by atoms with Crippen molar-refractivity contribution in [1.29, 1.82) is 0 Å². The normalized spacial score (nSPS) is 21.6. The molecule has 0 unspecified atom stereocenters. The molecule has 5 rings (SSSR count). The van der Waals surface area contributed by atoms with E-state index in [1.807, 2.05) is 36.4 Å². The van der Waals surface area contributed by atoms with Crippen molar-refractivity contribution in [2.45, 2.75) is 45.2 Å². The smallest absolute Gasteiger partial charge is 0.310 e. The second kappa shape index (κ2) is 10.1. The van der Waals surface area contributed by atoms with E-state index in [0.29, 0.717) is 49.5 Å². The van der Waals surface area contributed by atoms with Gasteiger partial charge in [-0.25, -0.2) is 0 Å². The molecule has 0 radical (unpaired) electrons. The van der Waals surface area contributed by atoms with Crippen LogP contribution in [0.5, 0.6) is 0 Å². The molecule has 0 aliphatic carbocycles. The second-order valence-electron chi connectivity index (χ2n) is 9.64. The van der Waals surface area contributed by atoms with Gasteiger partial charge in [-0.05, 0) is 62.4 Å². The fourth-order valence-corrected chi connectivity index (χ4v) is 5.55. The SMILES string of the molecule is CCOC(=O)[C@H]1CCCN(C(=O)c2cccc(CN3C(=O)[C@H]4CCCN4C(=O)c4ccccc43)c2)C1. The summed E-state index contributed by atoms with van der Waals surface area (Å²) in [6.45, 7) is 3.90. The molecule has 0 spiro atoms. The van der Waals surface area contributed by atoms with Crippen LogP contribution in [0.4, 0.5) is 5.69 Å². The van der Waals surface area contributed by atoms with Gasteiger partial charge in [-0.15, -0.1) is 0 Å². The van der Waals surface area contributed by atoms with E-state index in [1.165, 1.54) is 0 Å². The van der Waals surface area contributed by atoms with E-state index in [2.05, 4.69) is 0 Å². The summed E-state index contributed by atoms with van der Waals surface area (Å²) in [6.07, 6.45) is 2.94. The van der Waals surface area contributed by atoms with E-state index >= 15 is 0 Å². The summed E-state index contributed by atoms with van der Waals surface area (Å²) in [6, 6.07) is 14.1. The number of piperidine rings is 1. The lowest BCUT2D eigenvalue weighted by molar-refractivity contribution is -0.149. The lowest BCUT2D eigenvalue weighted by Crippen LogP contribution is -2.44. The Morgan fingerprint density at radius 2 is 1.81 bits per heavy atom. The zero-order chi connectivity index (χ0) is 25.2. The number of fused-ring (bicyclic) bond motifs is 2. The number of nitrogens with zero attached hydrogens (tertiary/aromatic N) is 3. The summed E-state index contributed by atoms with van der Waals surface area (Å²) in [7, 11) is 0. The number of hydrogen-bond acceptors (Lipinski definition) is 5. The van der Waals surface area contributed by atoms with Crippen molar-refractivity contribution >= 4 is 29.4 Å². The lowest BCUT2D eigenvalue weighted by atomic mass is 9.97. The van der Waals surface area contributed by atoms with Gasteiger partial charge in [0.2, 0.25) is 5.91 Å². The first kappa shape index (κ1) is 24.0. The Labute approximate surface area is 210 Å². The van der Waals surface area contributed by atoms with Gasteiger partial charge in [0, 0.05) is 25.2 Å². The molecule has 36 heavy (non-hydrogen) atoms. The van der Waals surface area contributed by atoms with Crippen molar-refractivity contribution in [2.24, 2.45) is 5.92 Å². The topological polar surface area (TPSA) is 87.2 Å². The van der Waals surface area contributed by atoms with E-state index in [9.17, 15) is 19.2 Å². The monoisotopic (exact) mass is 489 g/mol. The number of benzene rings is 2. The molecule has 2 saturated heterocycles. The minimum atomic E-state index is -0.456. The molecular weight excluding hydrogens is 458 g/mol. The number of rotatable bonds is 5. The number of ether oxygens (including phenoxy) is 1. The number of anilines is 1. The fraction of sp³-hybridized carbons (Fsp3) is 0.429. The van der Waals surface area contributed by atoms with Crippen LogP contribution in [-0.4, -0.2) is 65.8 Å². The highest BCUT2D eigenvalue weighted by molar-refractivity contribution is 6.11. The lowest BCUT2D eigenvalue weighted by Gasteiger charge is -2.31. The van der Waals surface area contributed by atoms with Crippen LogP contribution < -0.4 is 4.90 Å². The highest BCUT2D eigenvalue weighted by Crippen LogP contribution is 2.33. The van der Waals surface area contributed by atoms with Gasteiger partial charge < -0.3 is 19.4 Å². The number of carbonyl (C=O) groups is 4. The molecule has 3 aliphatic rings. The molecule has 3 heterocycles. The van der Waals surface area contributed by atoms with Gasteiger partial charge in [-0.3, -0.25) is 19.2 Å². The van der Waals surface area contributed by atoms with E-state index in [4.69, 9.17) is 4.74 Å². The molecule has 0 N–H and O–H groups in total. The Morgan fingerprint density at radius 3 is 2.64 bits per heavy atom. The van der Waals surface area contributed by atoms with Crippen molar-refractivity contribution in [3.63, 3.8) is 0 Å². The van der Waals surface area contributed by atoms with Crippen LogP contribution in [0, 0.1) is 5.92 Å². The van der Waals surface area contributed by atoms with Crippen LogP contribution in [0.25, 0.3) is 0 Å². The van der Waals surface area contributed by atoms with Crippen LogP contribution >= 0.6 is 0 Å². The Hall–Kier alpha value is -3.68. The van der Waals surface area contributed by atoms with Crippen molar-refractivity contribution in [3.8, 4) is 0 Å². The van der Waals surface area contributed by atoms with Gasteiger partial charge in [0.05, 0.1) is 30.3 Å². The summed E-state index contributed by atoms with van der Waals surface area (Å²) >= 11 is 0. The second-order valence-corrected chi connectivity index (χ2v) is 9.64. The Kier molecular flexibility index (Phi) is 6.76. The largest absolute Gasteiger partial charge is 0.466 e. The molecule has 0 saturated carbocycles. The first-order valence-electron chi connectivity index (χ1n) is 12.7. The van der Waals surface area contributed by atoms with Crippen LogP contribution in [0.3, 0.4) is 0 Å². The summed E-state index contributed by atoms with van der Waals surface area (Å²) in [5.74, 6) is -0.878. The minimum Gasteiger partial charge on any atom is -0.466 e. The molecule has 0 bridgehead atoms. The highest BCUT2D eigenvalue weighted by atomic mass is 16.5. The fourth-order valence-electron chi connectivity index (χ4n) is 5.55. The van der Waals surface area contributed by atoms with Crippen molar-refractivity contribution in [3.05, 3.63) is 65.2 Å². The van der Waals surface area contributed by atoms with Crippen LogP contribution in [0.1, 0.15) is 58.9 Å². The third kappa shape index (κ3) is 4.47. The zero-order valence-corrected chi connectivity index (χ0v) is 20.5. The summed E-state index contributed by atoms with van der Waals surface area (Å²) < 4.78 is 5.16. The molecule has 8 nitrogen and oxygen atoms in total. The van der Waals surface area contributed by atoms with Crippen molar-refractivity contribution < 1.29 is 23.9 Å². The number of hydrogen-bond donors (Lipinski definition) is 0. The van der Waals surface area contributed by atoms with Gasteiger partial charge in [-0.1, -0.05) is 24.3 Å². The van der Waals surface area contributed by atoms with Gasteiger partial charge in [-0.2, -0.15) is 0 Å². The summed E-state index contributed by atoms with van der Waals surface area (Å²) in [5, 5.41) is 0. The third-order valence-corrected chi connectivity index (χ3v) is 7.33. The van der Waals surface area contributed by atoms with Crippen molar-refractivity contribution in [2.75, 3.05) is 31.1 Å². The molecule has 2 atom stereocenters. The van der Waals surface area contributed by atoms with E-state index in [-0.39, 0.29) is 36.2 Å². The van der Waals surface area contributed by atoms with E-state index < -0.39 is 6.04 Å². The minimum absolute atomic E-state index is 0.0872. The Bertz CT molecular complexity index is 1200. The third-order valence-electron chi connectivity index (χ3n) is 7.33. The van der Waals surface area contributed by atoms with E-state index in [1.54, 1.807) is 33.8 Å². The number of esters is 1. The standard InChI is InChI=1S/C28H31N3O5/c1-2-36-28(35)21-10-6-14-29(18-21)25(32)20-9-5-8-19(16-20)17-31-23-12-4-3-11-22(23)26(33)30-15-7-13-24(30)27(31)34/h3-5,8-9,11-12,16,21,24H,2,6-7,10,13-15,17-18H2,1H3/t21-,24+/m0/s1. The summed E-state index contributed by atoms with van der Waals surface area (Å²) in [5.41, 5.74) is 2.46. The van der Waals surface area contributed by atoms with Crippen LogP contribution in [0.2, 0.25) is 0 Å². The maximum Gasteiger partial charge on any atom is 0.310 e. The van der Waals surface area contributed by atoms with Crippen LogP contribution in [-0.2, 0) is 20.9 Å². The van der Waals surface area contributed by atoms with Gasteiger partial charge >= 0.3 is 5.97 Å². The maximum atomic E-state index is 13.6. The predicted octanol–water partition coefficient (Wildman–Crippen LogP) is 3.25. The molecule has 2 fully saturated rings. The quantitative estimate of drug-likeness (QED) is 0.602. The molecule has 188 valence electrons.